The van der Waals surface area contributed by atoms with Gasteiger partial charge in [0, 0.05) is 11.5 Å². The average Bonchev–Trinajstić information content (AvgIpc) is 2.67. The standard InChI is InChI=1S/C25H30O5/c1-12(2)6-7-15-8-9-17(26)19-23(28)20-18(30-25(15)19)10-14(5)24-21(20)22(27)16(11-29-24)13(3)4/h8-10,12-13,16,22,26-27H,6-7,11H2,1-5H3/t16-,22-/m1/s1. The quantitative estimate of drug-likeness (QED) is 0.575. The molecule has 0 fully saturated rings. The van der Waals surface area contributed by atoms with Gasteiger partial charge < -0.3 is 19.4 Å². The Hall–Kier alpha value is -2.53. The van der Waals surface area contributed by atoms with E-state index < -0.39 is 6.10 Å². The zero-order chi connectivity index (χ0) is 21.7. The molecular weight excluding hydrogens is 380 g/mol. The van der Waals surface area contributed by atoms with E-state index in [0.29, 0.717) is 40.4 Å². The highest BCUT2D eigenvalue weighted by atomic mass is 16.5. The number of aliphatic hydroxyl groups excluding tert-OH is 1. The summed E-state index contributed by atoms with van der Waals surface area (Å²) in [5, 5.41) is 22.2. The first-order valence-electron chi connectivity index (χ1n) is 10.8. The molecule has 5 heteroatoms. The van der Waals surface area contributed by atoms with Crippen LogP contribution in [0.25, 0.3) is 21.9 Å². The van der Waals surface area contributed by atoms with Crippen molar-refractivity contribution < 1.29 is 19.4 Å². The lowest BCUT2D eigenvalue weighted by molar-refractivity contribution is 0.0271. The molecule has 2 atom stereocenters. The smallest absolute Gasteiger partial charge is 0.204 e. The van der Waals surface area contributed by atoms with Crippen molar-refractivity contribution in [2.45, 2.75) is 53.6 Å². The van der Waals surface area contributed by atoms with Crippen molar-refractivity contribution >= 4 is 21.9 Å². The number of fused-ring (bicyclic) bond motifs is 4. The maximum absolute atomic E-state index is 13.6. The highest BCUT2D eigenvalue weighted by Gasteiger charge is 2.35. The molecule has 0 bridgehead atoms. The lowest BCUT2D eigenvalue weighted by atomic mass is 9.82. The summed E-state index contributed by atoms with van der Waals surface area (Å²) < 4.78 is 12.2. The number of phenols is 1. The monoisotopic (exact) mass is 410 g/mol. The molecule has 5 nitrogen and oxygen atoms in total. The molecule has 0 amide bonds. The van der Waals surface area contributed by atoms with Gasteiger partial charge in [0.05, 0.1) is 18.1 Å². The van der Waals surface area contributed by atoms with Gasteiger partial charge in [-0.05, 0) is 54.9 Å². The summed E-state index contributed by atoms with van der Waals surface area (Å²) >= 11 is 0. The first-order chi connectivity index (χ1) is 14.2. The molecule has 0 saturated carbocycles. The van der Waals surface area contributed by atoms with Crippen molar-refractivity contribution in [1.82, 2.24) is 0 Å². The van der Waals surface area contributed by atoms with E-state index in [9.17, 15) is 15.0 Å². The van der Waals surface area contributed by atoms with E-state index in [-0.39, 0.29) is 28.4 Å². The molecule has 1 aliphatic heterocycles. The van der Waals surface area contributed by atoms with Gasteiger partial charge in [0.25, 0.3) is 0 Å². The molecule has 2 aromatic carbocycles. The summed E-state index contributed by atoms with van der Waals surface area (Å²) in [6.45, 7) is 10.7. The van der Waals surface area contributed by atoms with Gasteiger partial charge in [-0.3, -0.25) is 4.79 Å². The number of hydrogen-bond donors (Lipinski definition) is 2. The Bertz CT molecular complexity index is 1170. The van der Waals surface area contributed by atoms with Crippen LogP contribution in [0.5, 0.6) is 11.5 Å². The third-order valence-corrected chi connectivity index (χ3v) is 6.32. The number of rotatable bonds is 4. The van der Waals surface area contributed by atoms with Crippen LogP contribution in [0.1, 0.15) is 56.9 Å². The number of aromatic hydroxyl groups is 1. The van der Waals surface area contributed by atoms with Crippen molar-refractivity contribution in [2.24, 2.45) is 17.8 Å². The molecule has 2 heterocycles. The first kappa shape index (κ1) is 20.7. The van der Waals surface area contributed by atoms with Crippen LogP contribution in [0, 0.1) is 24.7 Å². The van der Waals surface area contributed by atoms with Gasteiger partial charge in [-0.15, -0.1) is 0 Å². The second-order valence-corrected chi connectivity index (χ2v) is 9.28. The summed E-state index contributed by atoms with van der Waals surface area (Å²) in [5.41, 5.74) is 2.75. The molecule has 2 N–H and O–H groups in total. The molecule has 1 aromatic heterocycles. The van der Waals surface area contributed by atoms with Crippen LogP contribution in [0.4, 0.5) is 0 Å². The summed E-state index contributed by atoms with van der Waals surface area (Å²) in [5.74, 6) is 1.02. The fourth-order valence-electron chi connectivity index (χ4n) is 4.45. The van der Waals surface area contributed by atoms with E-state index in [4.69, 9.17) is 9.15 Å². The summed E-state index contributed by atoms with van der Waals surface area (Å²) in [7, 11) is 0. The zero-order valence-corrected chi connectivity index (χ0v) is 18.3. The summed E-state index contributed by atoms with van der Waals surface area (Å²) in [6.07, 6.45) is 0.879. The Labute approximate surface area is 176 Å². The van der Waals surface area contributed by atoms with E-state index in [0.717, 1.165) is 24.0 Å². The second kappa shape index (κ2) is 7.62. The number of aliphatic hydroxyl groups is 1. The van der Waals surface area contributed by atoms with Crippen LogP contribution >= 0.6 is 0 Å². The first-order valence-corrected chi connectivity index (χ1v) is 10.8. The third-order valence-electron chi connectivity index (χ3n) is 6.32. The van der Waals surface area contributed by atoms with Gasteiger partial charge in [-0.25, -0.2) is 0 Å². The van der Waals surface area contributed by atoms with Crippen LogP contribution in [0.3, 0.4) is 0 Å². The van der Waals surface area contributed by atoms with Crippen LogP contribution in [-0.2, 0) is 6.42 Å². The predicted molar refractivity (Wildman–Crippen MR) is 118 cm³/mol. The van der Waals surface area contributed by atoms with Crippen LogP contribution < -0.4 is 10.2 Å². The Kier molecular flexibility index (Phi) is 5.27. The van der Waals surface area contributed by atoms with E-state index >= 15 is 0 Å². The topological polar surface area (TPSA) is 79.9 Å². The molecule has 0 radical (unpaired) electrons. The fraction of sp³-hybridized carbons (Fsp3) is 0.480. The zero-order valence-electron chi connectivity index (χ0n) is 18.3. The lowest BCUT2D eigenvalue weighted by Gasteiger charge is -2.34. The van der Waals surface area contributed by atoms with Crippen LogP contribution in [-0.4, -0.2) is 16.8 Å². The number of benzene rings is 2. The predicted octanol–water partition coefficient (Wildman–Crippen LogP) is 5.25. The van der Waals surface area contributed by atoms with Crippen molar-refractivity contribution in [3.8, 4) is 11.5 Å². The van der Waals surface area contributed by atoms with E-state index in [1.54, 1.807) is 12.1 Å². The molecule has 160 valence electrons. The average molecular weight is 411 g/mol. The molecule has 0 saturated heterocycles. The Morgan fingerprint density at radius 2 is 1.90 bits per heavy atom. The van der Waals surface area contributed by atoms with Crippen LogP contribution in [0.2, 0.25) is 0 Å². The van der Waals surface area contributed by atoms with Gasteiger partial charge in [0.1, 0.15) is 28.1 Å². The van der Waals surface area contributed by atoms with E-state index in [2.05, 4.69) is 13.8 Å². The number of ether oxygens (including phenoxy) is 1. The Balaban J connectivity index is 2.05. The molecular formula is C25H30O5. The molecule has 0 aliphatic carbocycles. The Morgan fingerprint density at radius 1 is 1.17 bits per heavy atom. The Morgan fingerprint density at radius 3 is 2.57 bits per heavy atom. The minimum absolute atomic E-state index is 0.102. The molecule has 0 spiro atoms. The minimum atomic E-state index is -0.831. The summed E-state index contributed by atoms with van der Waals surface area (Å²) in [4.78, 5) is 13.6. The number of phenolic OH excluding ortho intramolecular Hbond substituents is 1. The van der Waals surface area contributed by atoms with Crippen molar-refractivity contribution in [3.63, 3.8) is 0 Å². The third kappa shape index (κ3) is 3.25. The van der Waals surface area contributed by atoms with E-state index in [1.165, 1.54) is 0 Å². The SMILES string of the molecule is Cc1cc2oc3c(CCC(C)C)ccc(O)c3c(=O)c2c2c1OC[C@H](C(C)C)[C@H]2O. The van der Waals surface area contributed by atoms with Gasteiger partial charge >= 0.3 is 0 Å². The number of aryl methyl sites for hydroxylation is 2. The normalized spacial score (nSPS) is 18.9. The molecule has 1 aliphatic rings. The van der Waals surface area contributed by atoms with E-state index in [1.807, 2.05) is 26.8 Å². The maximum atomic E-state index is 13.6. The highest BCUT2D eigenvalue weighted by Crippen LogP contribution is 2.44. The molecule has 3 aromatic rings. The second-order valence-electron chi connectivity index (χ2n) is 9.28. The minimum Gasteiger partial charge on any atom is -0.507 e. The highest BCUT2D eigenvalue weighted by molar-refractivity contribution is 5.97. The largest absolute Gasteiger partial charge is 0.507 e. The fourth-order valence-corrected chi connectivity index (χ4v) is 4.45. The van der Waals surface area contributed by atoms with Gasteiger partial charge in [0.2, 0.25) is 5.43 Å². The van der Waals surface area contributed by atoms with Crippen molar-refractivity contribution in [1.29, 1.82) is 0 Å². The van der Waals surface area contributed by atoms with Crippen molar-refractivity contribution in [3.05, 3.63) is 45.1 Å². The molecule has 0 unspecified atom stereocenters. The molecule has 30 heavy (non-hydrogen) atoms. The lowest BCUT2D eigenvalue weighted by Crippen LogP contribution is -2.31. The summed E-state index contributed by atoms with van der Waals surface area (Å²) in [6, 6.07) is 5.19. The van der Waals surface area contributed by atoms with Gasteiger partial charge in [-0.2, -0.15) is 0 Å². The van der Waals surface area contributed by atoms with Gasteiger partial charge in [-0.1, -0.05) is 33.8 Å². The maximum Gasteiger partial charge on any atom is 0.204 e. The van der Waals surface area contributed by atoms with Gasteiger partial charge in [0.15, 0.2) is 0 Å². The number of hydrogen-bond acceptors (Lipinski definition) is 5. The molecule has 4 rings (SSSR count). The van der Waals surface area contributed by atoms with Crippen LogP contribution in [0.15, 0.2) is 27.4 Å². The van der Waals surface area contributed by atoms with Crippen molar-refractivity contribution in [2.75, 3.05) is 6.61 Å².